The van der Waals surface area contributed by atoms with Gasteiger partial charge in [0.15, 0.2) is 0 Å². The zero-order chi connectivity index (χ0) is 11.5. The van der Waals surface area contributed by atoms with Crippen LogP contribution in [0.4, 0.5) is 11.4 Å². The van der Waals surface area contributed by atoms with Gasteiger partial charge in [0.2, 0.25) is 0 Å². The maximum Gasteiger partial charge on any atom is 0.310 e. The zero-order valence-electron chi connectivity index (χ0n) is 8.56. The van der Waals surface area contributed by atoms with Gasteiger partial charge in [-0.2, -0.15) is 0 Å². The molecule has 0 radical (unpaired) electrons. The lowest BCUT2D eigenvalue weighted by Gasteiger charge is -2.28. The summed E-state index contributed by atoms with van der Waals surface area (Å²) in [6.45, 7) is 2.48. The number of anilines is 1. The summed E-state index contributed by atoms with van der Waals surface area (Å²) in [5.74, 6) is 0. The molecule has 0 amide bonds. The molecule has 0 atom stereocenters. The van der Waals surface area contributed by atoms with Gasteiger partial charge in [-0.05, 0) is 12.1 Å². The summed E-state index contributed by atoms with van der Waals surface area (Å²) in [5, 5.41) is 11.1. The minimum absolute atomic E-state index is 0.0222. The van der Waals surface area contributed by atoms with Gasteiger partial charge in [-0.3, -0.25) is 10.1 Å². The van der Waals surface area contributed by atoms with Crippen molar-refractivity contribution < 1.29 is 9.66 Å². The van der Waals surface area contributed by atoms with Gasteiger partial charge >= 0.3 is 5.69 Å². The number of nitrogens with zero attached hydrogens (tertiary/aromatic N) is 2. The van der Waals surface area contributed by atoms with Crippen LogP contribution in [0.1, 0.15) is 0 Å². The van der Waals surface area contributed by atoms with Crippen LogP contribution >= 0.6 is 11.6 Å². The molecule has 1 saturated heterocycles. The van der Waals surface area contributed by atoms with E-state index >= 15 is 0 Å². The minimum Gasteiger partial charge on any atom is -0.378 e. The minimum atomic E-state index is -0.437. The van der Waals surface area contributed by atoms with E-state index in [9.17, 15) is 10.1 Å². The van der Waals surface area contributed by atoms with Crippen molar-refractivity contribution in [2.45, 2.75) is 0 Å². The highest BCUT2D eigenvalue weighted by atomic mass is 35.5. The predicted octanol–water partition coefficient (Wildman–Crippen LogP) is 2.08. The Bertz CT molecular complexity index is 405. The molecule has 1 aromatic carbocycles. The van der Waals surface area contributed by atoms with E-state index < -0.39 is 4.92 Å². The summed E-state index contributed by atoms with van der Waals surface area (Å²) in [4.78, 5) is 12.4. The summed E-state index contributed by atoms with van der Waals surface area (Å²) in [6.07, 6.45) is 0. The maximum absolute atomic E-state index is 10.9. The van der Waals surface area contributed by atoms with Crippen molar-refractivity contribution in [1.29, 1.82) is 0 Å². The summed E-state index contributed by atoms with van der Waals surface area (Å²) in [6, 6.07) is 4.97. The Morgan fingerprint density at radius 2 is 2.06 bits per heavy atom. The fourth-order valence-electron chi connectivity index (χ4n) is 1.74. The molecule has 1 aliphatic rings. The molecule has 0 spiro atoms. The molecule has 1 fully saturated rings. The average Bonchev–Trinajstić information content (AvgIpc) is 2.29. The maximum atomic E-state index is 10.9. The molecule has 0 saturated carbocycles. The molecule has 0 aliphatic carbocycles. The monoisotopic (exact) mass is 242 g/mol. The van der Waals surface area contributed by atoms with Crippen LogP contribution in [0.25, 0.3) is 0 Å². The number of nitro benzene ring substituents is 1. The van der Waals surface area contributed by atoms with Gasteiger partial charge in [0, 0.05) is 13.1 Å². The quantitative estimate of drug-likeness (QED) is 0.589. The Labute approximate surface area is 97.7 Å². The molecule has 1 heterocycles. The molecule has 0 unspecified atom stereocenters. The lowest BCUT2D eigenvalue weighted by molar-refractivity contribution is -0.384. The number of para-hydroxylation sites is 1. The third kappa shape index (κ3) is 2.10. The molecule has 16 heavy (non-hydrogen) atoms. The summed E-state index contributed by atoms with van der Waals surface area (Å²) in [7, 11) is 0. The third-order valence-corrected chi connectivity index (χ3v) is 2.80. The lowest BCUT2D eigenvalue weighted by Crippen LogP contribution is -2.36. The van der Waals surface area contributed by atoms with Crippen LogP contribution in [-0.2, 0) is 4.74 Å². The van der Waals surface area contributed by atoms with Crippen LogP contribution < -0.4 is 4.90 Å². The number of hydrogen-bond acceptors (Lipinski definition) is 4. The molecule has 0 aromatic heterocycles. The van der Waals surface area contributed by atoms with Crippen LogP contribution in [0.5, 0.6) is 0 Å². The van der Waals surface area contributed by atoms with Gasteiger partial charge < -0.3 is 9.64 Å². The second kappa shape index (κ2) is 4.67. The Balaban J connectivity index is 2.38. The van der Waals surface area contributed by atoms with E-state index in [4.69, 9.17) is 16.3 Å². The second-order valence-electron chi connectivity index (χ2n) is 3.46. The smallest absolute Gasteiger partial charge is 0.310 e. The van der Waals surface area contributed by atoms with Gasteiger partial charge in [-0.25, -0.2) is 0 Å². The molecule has 0 bridgehead atoms. The first-order valence-electron chi connectivity index (χ1n) is 4.96. The largest absolute Gasteiger partial charge is 0.378 e. The third-order valence-electron chi connectivity index (χ3n) is 2.50. The standard InChI is InChI=1S/C10H11ClN2O3/c11-8-2-1-3-9(10(8)13(14)15)12-4-6-16-7-5-12/h1-3H,4-7H2. The Kier molecular flexibility index (Phi) is 3.26. The molecular weight excluding hydrogens is 232 g/mol. The van der Waals surface area contributed by atoms with Crippen molar-refractivity contribution in [2.24, 2.45) is 0 Å². The van der Waals surface area contributed by atoms with Crippen molar-refractivity contribution in [2.75, 3.05) is 31.2 Å². The van der Waals surface area contributed by atoms with Crippen LogP contribution in [0.3, 0.4) is 0 Å². The molecule has 86 valence electrons. The molecule has 1 aromatic rings. The lowest BCUT2D eigenvalue weighted by atomic mass is 10.2. The summed E-state index contributed by atoms with van der Waals surface area (Å²) >= 11 is 5.84. The number of halogens is 1. The zero-order valence-corrected chi connectivity index (χ0v) is 9.31. The van der Waals surface area contributed by atoms with Gasteiger partial charge in [0.05, 0.1) is 18.1 Å². The van der Waals surface area contributed by atoms with E-state index in [1.807, 2.05) is 4.90 Å². The van der Waals surface area contributed by atoms with Gasteiger partial charge in [-0.1, -0.05) is 17.7 Å². The van der Waals surface area contributed by atoms with E-state index in [0.29, 0.717) is 32.0 Å². The SMILES string of the molecule is O=[N+]([O-])c1c(Cl)cccc1N1CCOCC1. The first-order chi connectivity index (χ1) is 7.70. The second-order valence-corrected chi connectivity index (χ2v) is 3.87. The number of nitro groups is 1. The first-order valence-corrected chi connectivity index (χ1v) is 5.33. The predicted molar refractivity (Wildman–Crippen MR) is 61.1 cm³/mol. The Morgan fingerprint density at radius 3 is 2.69 bits per heavy atom. The number of morpholine rings is 1. The average molecular weight is 243 g/mol. The van der Waals surface area contributed by atoms with Crippen molar-refractivity contribution in [1.82, 2.24) is 0 Å². The highest BCUT2D eigenvalue weighted by molar-refractivity contribution is 6.33. The van der Waals surface area contributed by atoms with E-state index in [-0.39, 0.29) is 10.7 Å². The summed E-state index contributed by atoms with van der Waals surface area (Å²) in [5.41, 5.74) is 0.548. The molecule has 2 rings (SSSR count). The first kappa shape index (κ1) is 11.2. The molecular formula is C10H11ClN2O3. The topological polar surface area (TPSA) is 55.6 Å². The highest BCUT2D eigenvalue weighted by Gasteiger charge is 2.23. The number of benzene rings is 1. The Morgan fingerprint density at radius 1 is 1.38 bits per heavy atom. The highest BCUT2D eigenvalue weighted by Crippen LogP contribution is 2.35. The molecule has 1 aliphatic heterocycles. The normalized spacial score (nSPS) is 16.2. The van der Waals surface area contributed by atoms with Crippen LogP contribution in [0.15, 0.2) is 18.2 Å². The number of rotatable bonds is 2. The molecule has 5 nitrogen and oxygen atoms in total. The van der Waals surface area contributed by atoms with Crippen molar-refractivity contribution >= 4 is 23.0 Å². The molecule has 0 N–H and O–H groups in total. The van der Waals surface area contributed by atoms with E-state index in [2.05, 4.69) is 0 Å². The van der Waals surface area contributed by atoms with Crippen LogP contribution in [0.2, 0.25) is 5.02 Å². The number of hydrogen-bond donors (Lipinski definition) is 0. The summed E-state index contributed by atoms with van der Waals surface area (Å²) < 4.78 is 5.21. The van der Waals surface area contributed by atoms with E-state index in [1.165, 1.54) is 6.07 Å². The van der Waals surface area contributed by atoms with Crippen molar-refractivity contribution in [3.05, 3.63) is 33.3 Å². The van der Waals surface area contributed by atoms with Gasteiger partial charge in [-0.15, -0.1) is 0 Å². The number of ether oxygens (including phenoxy) is 1. The fourth-order valence-corrected chi connectivity index (χ4v) is 1.98. The van der Waals surface area contributed by atoms with Crippen molar-refractivity contribution in [3.8, 4) is 0 Å². The van der Waals surface area contributed by atoms with Crippen molar-refractivity contribution in [3.63, 3.8) is 0 Å². The van der Waals surface area contributed by atoms with Gasteiger partial charge in [0.1, 0.15) is 10.7 Å². The Hall–Kier alpha value is -1.33. The fraction of sp³-hybridized carbons (Fsp3) is 0.400. The van der Waals surface area contributed by atoms with Crippen LogP contribution in [-0.4, -0.2) is 31.2 Å². The van der Waals surface area contributed by atoms with E-state index in [1.54, 1.807) is 12.1 Å². The molecule has 6 heteroatoms. The van der Waals surface area contributed by atoms with E-state index in [0.717, 1.165) is 0 Å². The van der Waals surface area contributed by atoms with Gasteiger partial charge in [0.25, 0.3) is 0 Å². The van der Waals surface area contributed by atoms with Crippen LogP contribution in [0, 0.1) is 10.1 Å².